The predicted octanol–water partition coefficient (Wildman–Crippen LogP) is 1.52. The Morgan fingerprint density at radius 2 is 2.36 bits per heavy atom. The van der Waals surface area contributed by atoms with Crippen molar-refractivity contribution in [2.75, 3.05) is 5.73 Å². The van der Waals surface area contributed by atoms with Crippen molar-refractivity contribution in [1.82, 2.24) is 5.16 Å². The van der Waals surface area contributed by atoms with Crippen LogP contribution >= 0.6 is 0 Å². The summed E-state index contributed by atoms with van der Waals surface area (Å²) in [5.41, 5.74) is 7.58. The van der Waals surface area contributed by atoms with Gasteiger partial charge in [-0.15, -0.1) is 0 Å². The van der Waals surface area contributed by atoms with E-state index >= 15 is 0 Å². The first-order chi connectivity index (χ1) is 5.27. The molecule has 0 aromatic carbocycles. The summed E-state index contributed by atoms with van der Waals surface area (Å²) in [7, 11) is 0. The van der Waals surface area contributed by atoms with E-state index in [0.29, 0.717) is 5.88 Å². The van der Waals surface area contributed by atoms with Crippen LogP contribution in [0.3, 0.4) is 0 Å². The molecule has 0 radical (unpaired) electrons. The van der Waals surface area contributed by atoms with Crippen LogP contribution < -0.4 is 5.73 Å². The van der Waals surface area contributed by atoms with E-state index in [9.17, 15) is 0 Å². The van der Waals surface area contributed by atoms with Crippen LogP contribution in [0, 0.1) is 12.8 Å². The molecule has 11 heavy (non-hydrogen) atoms. The van der Waals surface area contributed by atoms with Gasteiger partial charge in [0.25, 0.3) is 0 Å². The van der Waals surface area contributed by atoms with Gasteiger partial charge < -0.3 is 10.3 Å². The van der Waals surface area contributed by atoms with Crippen molar-refractivity contribution in [2.24, 2.45) is 5.92 Å². The zero-order chi connectivity index (χ0) is 7.84. The van der Waals surface area contributed by atoms with Crippen LogP contribution in [0.2, 0.25) is 0 Å². The van der Waals surface area contributed by atoms with Gasteiger partial charge in [0.2, 0.25) is 5.88 Å². The van der Waals surface area contributed by atoms with E-state index in [2.05, 4.69) is 5.16 Å². The number of hydrogen-bond donors (Lipinski definition) is 1. The summed E-state index contributed by atoms with van der Waals surface area (Å²) in [6.45, 7) is 1.96. The van der Waals surface area contributed by atoms with Crippen molar-refractivity contribution in [3.63, 3.8) is 0 Å². The molecule has 0 atom stereocenters. The Hall–Kier alpha value is -0.990. The number of rotatable bonds is 2. The highest BCUT2D eigenvalue weighted by molar-refractivity contribution is 5.37. The molecule has 1 aromatic heterocycles. The molecule has 0 bridgehead atoms. The van der Waals surface area contributed by atoms with E-state index in [1.807, 2.05) is 6.92 Å². The molecular weight excluding hydrogens is 140 g/mol. The summed E-state index contributed by atoms with van der Waals surface area (Å²) in [6, 6.07) is 0. The molecule has 1 saturated carbocycles. The number of anilines is 1. The molecule has 0 saturated heterocycles. The lowest BCUT2D eigenvalue weighted by Crippen LogP contribution is -1.90. The van der Waals surface area contributed by atoms with E-state index < -0.39 is 0 Å². The molecule has 3 heteroatoms. The molecule has 3 nitrogen and oxygen atoms in total. The SMILES string of the molecule is Cc1c(CC2CC2)noc1N. The molecule has 1 fully saturated rings. The Balaban J connectivity index is 2.15. The zero-order valence-corrected chi connectivity index (χ0v) is 6.63. The lowest BCUT2D eigenvalue weighted by Gasteiger charge is -1.91. The van der Waals surface area contributed by atoms with Gasteiger partial charge in [-0.3, -0.25) is 0 Å². The van der Waals surface area contributed by atoms with E-state index in [4.69, 9.17) is 10.3 Å². The summed E-state index contributed by atoms with van der Waals surface area (Å²) >= 11 is 0. The van der Waals surface area contributed by atoms with E-state index in [-0.39, 0.29) is 0 Å². The van der Waals surface area contributed by atoms with Gasteiger partial charge in [0, 0.05) is 5.56 Å². The predicted molar refractivity (Wildman–Crippen MR) is 42.1 cm³/mol. The highest BCUT2D eigenvalue weighted by atomic mass is 16.5. The fourth-order valence-electron chi connectivity index (χ4n) is 1.17. The molecule has 1 aliphatic carbocycles. The van der Waals surface area contributed by atoms with Crippen LogP contribution in [0.4, 0.5) is 5.88 Å². The number of nitrogen functional groups attached to an aromatic ring is 1. The first-order valence-corrected chi connectivity index (χ1v) is 3.98. The second-order valence-electron chi connectivity index (χ2n) is 3.27. The van der Waals surface area contributed by atoms with Crippen molar-refractivity contribution >= 4 is 5.88 Å². The minimum atomic E-state index is 0.473. The standard InChI is InChI=1S/C8H12N2O/c1-5-7(4-6-2-3-6)10-11-8(5)9/h6H,2-4,9H2,1H3. The molecule has 2 N–H and O–H groups in total. The normalized spacial score (nSPS) is 17.2. The monoisotopic (exact) mass is 152 g/mol. The van der Waals surface area contributed by atoms with E-state index in [1.165, 1.54) is 12.8 Å². The molecular formula is C8H12N2O. The summed E-state index contributed by atoms with van der Waals surface area (Å²) in [5, 5.41) is 3.90. The van der Waals surface area contributed by atoms with Crippen LogP contribution in [0.15, 0.2) is 4.52 Å². The van der Waals surface area contributed by atoms with Crippen molar-refractivity contribution in [3.05, 3.63) is 11.3 Å². The van der Waals surface area contributed by atoms with E-state index in [0.717, 1.165) is 23.6 Å². The van der Waals surface area contributed by atoms with Gasteiger partial charge in [0.05, 0.1) is 5.69 Å². The first kappa shape index (κ1) is 6.70. The van der Waals surface area contributed by atoms with Crippen molar-refractivity contribution in [3.8, 4) is 0 Å². The van der Waals surface area contributed by atoms with Crippen LogP contribution in [0.5, 0.6) is 0 Å². The molecule has 1 aliphatic rings. The minimum Gasteiger partial charge on any atom is -0.367 e. The highest BCUT2D eigenvalue weighted by Crippen LogP contribution is 2.33. The average Bonchev–Trinajstić information content (AvgIpc) is 2.74. The minimum absolute atomic E-state index is 0.473. The number of nitrogens with two attached hydrogens (primary N) is 1. The van der Waals surface area contributed by atoms with Gasteiger partial charge in [0.1, 0.15) is 0 Å². The van der Waals surface area contributed by atoms with Crippen molar-refractivity contribution in [1.29, 1.82) is 0 Å². The topological polar surface area (TPSA) is 52.0 Å². The third-order valence-electron chi connectivity index (χ3n) is 2.24. The molecule has 60 valence electrons. The van der Waals surface area contributed by atoms with Gasteiger partial charge in [-0.25, -0.2) is 0 Å². The number of nitrogens with zero attached hydrogens (tertiary/aromatic N) is 1. The van der Waals surface area contributed by atoms with Crippen molar-refractivity contribution in [2.45, 2.75) is 26.2 Å². The number of aromatic nitrogens is 1. The highest BCUT2D eigenvalue weighted by Gasteiger charge is 2.24. The fourth-order valence-corrected chi connectivity index (χ4v) is 1.17. The Bertz CT molecular complexity index is 263. The lowest BCUT2D eigenvalue weighted by molar-refractivity contribution is 0.425. The second-order valence-corrected chi connectivity index (χ2v) is 3.27. The third-order valence-corrected chi connectivity index (χ3v) is 2.24. The Morgan fingerprint density at radius 1 is 1.64 bits per heavy atom. The Labute approximate surface area is 65.6 Å². The van der Waals surface area contributed by atoms with Crippen LogP contribution in [0.1, 0.15) is 24.1 Å². The van der Waals surface area contributed by atoms with Crippen LogP contribution in [-0.4, -0.2) is 5.16 Å². The fraction of sp³-hybridized carbons (Fsp3) is 0.625. The lowest BCUT2D eigenvalue weighted by atomic mass is 10.1. The largest absolute Gasteiger partial charge is 0.367 e. The summed E-state index contributed by atoms with van der Waals surface area (Å²) in [5.74, 6) is 1.32. The van der Waals surface area contributed by atoms with Gasteiger partial charge in [0.15, 0.2) is 0 Å². The molecule has 0 unspecified atom stereocenters. The molecule has 2 rings (SSSR count). The molecule has 1 aromatic rings. The van der Waals surface area contributed by atoms with Gasteiger partial charge >= 0.3 is 0 Å². The maximum Gasteiger partial charge on any atom is 0.225 e. The Morgan fingerprint density at radius 3 is 2.82 bits per heavy atom. The Kier molecular flexibility index (Phi) is 1.37. The molecule has 0 spiro atoms. The zero-order valence-electron chi connectivity index (χ0n) is 6.63. The van der Waals surface area contributed by atoms with Crippen LogP contribution in [-0.2, 0) is 6.42 Å². The first-order valence-electron chi connectivity index (χ1n) is 3.98. The quantitative estimate of drug-likeness (QED) is 0.699. The van der Waals surface area contributed by atoms with Crippen molar-refractivity contribution < 1.29 is 4.52 Å². The summed E-state index contributed by atoms with van der Waals surface area (Å²) < 4.78 is 4.85. The molecule has 0 aliphatic heterocycles. The smallest absolute Gasteiger partial charge is 0.225 e. The molecule has 1 heterocycles. The van der Waals surface area contributed by atoms with Gasteiger partial charge in [-0.1, -0.05) is 5.16 Å². The van der Waals surface area contributed by atoms with Gasteiger partial charge in [-0.2, -0.15) is 0 Å². The maximum atomic E-state index is 5.51. The third kappa shape index (κ3) is 1.23. The van der Waals surface area contributed by atoms with E-state index in [1.54, 1.807) is 0 Å². The number of hydrogen-bond acceptors (Lipinski definition) is 3. The maximum absolute atomic E-state index is 5.51. The summed E-state index contributed by atoms with van der Waals surface area (Å²) in [4.78, 5) is 0. The average molecular weight is 152 g/mol. The van der Waals surface area contributed by atoms with Crippen LogP contribution in [0.25, 0.3) is 0 Å². The molecule has 0 amide bonds. The second kappa shape index (κ2) is 2.26. The summed E-state index contributed by atoms with van der Waals surface area (Å²) in [6.07, 6.45) is 3.73. The van der Waals surface area contributed by atoms with Gasteiger partial charge in [-0.05, 0) is 32.1 Å².